The van der Waals surface area contributed by atoms with E-state index in [-0.39, 0.29) is 24.1 Å². The fraction of sp³-hybridized carbons (Fsp3) is 0.462. The van der Waals surface area contributed by atoms with E-state index >= 15 is 0 Å². The second kappa shape index (κ2) is 9.27. The van der Waals surface area contributed by atoms with Gasteiger partial charge in [0, 0.05) is 42.9 Å². The Bertz CT molecular complexity index is 1120. The average Bonchev–Trinajstić information content (AvgIpc) is 3.15. The number of hydrogen-bond donors (Lipinski definition) is 1. The Morgan fingerprint density at radius 2 is 1.85 bits per heavy atom. The van der Waals surface area contributed by atoms with Gasteiger partial charge in [-0.1, -0.05) is 6.07 Å². The standard InChI is InChI=1S/C26H31N5O3/c1-29(2)20-8-11-30(12-9-20)15-17-7-10-27-22(13-17)18-3-4-21-19(14-18)16-31(26(21)34)23-5-6-24(32)28-25(23)33/h3-4,7,10,13-14,20,23H,5-6,8-9,11-12,15-16H2,1-2H3,(H,28,32,33). The number of benzene rings is 1. The van der Waals surface area contributed by atoms with Crippen LogP contribution in [0.3, 0.4) is 0 Å². The van der Waals surface area contributed by atoms with Gasteiger partial charge in [0.1, 0.15) is 6.04 Å². The van der Waals surface area contributed by atoms with Crippen molar-refractivity contribution in [3.63, 3.8) is 0 Å². The molecule has 34 heavy (non-hydrogen) atoms. The van der Waals surface area contributed by atoms with Gasteiger partial charge in [-0.2, -0.15) is 0 Å². The van der Waals surface area contributed by atoms with Crippen molar-refractivity contribution in [3.05, 3.63) is 53.2 Å². The van der Waals surface area contributed by atoms with E-state index in [0.29, 0.717) is 24.6 Å². The molecule has 0 spiro atoms. The molecular formula is C26H31N5O3. The number of carbonyl (C=O) groups excluding carboxylic acids is 3. The molecule has 178 valence electrons. The number of nitrogens with one attached hydrogen (secondary N) is 1. The lowest BCUT2D eigenvalue weighted by molar-refractivity contribution is -0.136. The summed E-state index contributed by atoms with van der Waals surface area (Å²) in [6.07, 6.45) is 4.85. The maximum atomic E-state index is 12.9. The maximum Gasteiger partial charge on any atom is 0.255 e. The summed E-state index contributed by atoms with van der Waals surface area (Å²) in [5, 5.41) is 2.35. The van der Waals surface area contributed by atoms with Crippen LogP contribution in [0.15, 0.2) is 36.5 Å². The van der Waals surface area contributed by atoms with Crippen molar-refractivity contribution >= 4 is 17.7 Å². The number of carbonyl (C=O) groups is 3. The van der Waals surface area contributed by atoms with E-state index < -0.39 is 6.04 Å². The van der Waals surface area contributed by atoms with Crippen molar-refractivity contribution in [1.29, 1.82) is 0 Å². The van der Waals surface area contributed by atoms with Crippen molar-refractivity contribution < 1.29 is 14.4 Å². The summed E-state index contributed by atoms with van der Waals surface area (Å²) in [4.78, 5) is 47.7. The molecule has 2 aromatic rings. The van der Waals surface area contributed by atoms with Gasteiger partial charge in [-0.25, -0.2) is 0 Å². The highest BCUT2D eigenvalue weighted by Gasteiger charge is 2.39. The van der Waals surface area contributed by atoms with Gasteiger partial charge < -0.3 is 9.80 Å². The van der Waals surface area contributed by atoms with Gasteiger partial charge >= 0.3 is 0 Å². The summed E-state index contributed by atoms with van der Waals surface area (Å²) in [6, 6.07) is 10.0. The van der Waals surface area contributed by atoms with Crippen LogP contribution in [-0.4, -0.2) is 76.7 Å². The van der Waals surface area contributed by atoms with Crippen LogP contribution in [0.5, 0.6) is 0 Å². The number of fused-ring (bicyclic) bond motifs is 1. The predicted molar refractivity (Wildman–Crippen MR) is 128 cm³/mol. The van der Waals surface area contributed by atoms with E-state index in [4.69, 9.17) is 0 Å². The molecule has 1 N–H and O–H groups in total. The van der Waals surface area contributed by atoms with Gasteiger partial charge in [-0.15, -0.1) is 0 Å². The molecule has 0 radical (unpaired) electrons. The number of nitrogens with zero attached hydrogens (tertiary/aromatic N) is 4. The maximum absolute atomic E-state index is 12.9. The second-order valence-electron chi connectivity index (χ2n) is 9.79. The van der Waals surface area contributed by atoms with Gasteiger partial charge in [-0.3, -0.25) is 29.6 Å². The molecule has 3 amide bonds. The molecule has 1 atom stereocenters. The lowest BCUT2D eigenvalue weighted by Crippen LogP contribution is -2.52. The molecule has 5 rings (SSSR count). The quantitative estimate of drug-likeness (QED) is 0.686. The minimum Gasteiger partial charge on any atom is -0.322 e. The van der Waals surface area contributed by atoms with Gasteiger partial charge in [-0.05, 0) is 81.8 Å². The Morgan fingerprint density at radius 3 is 2.59 bits per heavy atom. The van der Waals surface area contributed by atoms with Crippen LogP contribution in [0, 0.1) is 0 Å². The zero-order valence-electron chi connectivity index (χ0n) is 19.8. The van der Waals surface area contributed by atoms with Crippen LogP contribution in [0.25, 0.3) is 11.3 Å². The first-order chi connectivity index (χ1) is 16.4. The first-order valence-electron chi connectivity index (χ1n) is 12.0. The monoisotopic (exact) mass is 461 g/mol. The van der Waals surface area contributed by atoms with E-state index in [1.54, 1.807) is 4.90 Å². The zero-order chi connectivity index (χ0) is 23.8. The number of imide groups is 1. The lowest BCUT2D eigenvalue weighted by Gasteiger charge is -2.35. The van der Waals surface area contributed by atoms with E-state index in [0.717, 1.165) is 36.5 Å². The minimum absolute atomic E-state index is 0.154. The molecule has 1 aromatic carbocycles. The third-order valence-corrected chi connectivity index (χ3v) is 7.34. The average molecular weight is 462 g/mol. The fourth-order valence-electron chi connectivity index (χ4n) is 5.32. The smallest absolute Gasteiger partial charge is 0.255 e. The molecule has 0 bridgehead atoms. The molecule has 1 unspecified atom stereocenters. The van der Waals surface area contributed by atoms with E-state index in [1.807, 2.05) is 24.4 Å². The van der Waals surface area contributed by atoms with Crippen LogP contribution in [0.2, 0.25) is 0 Å². The number of piperidine rings is 2. The highest BCUT2D eigenvalue weighted by Crippen LogP contribution is 2.31. The van der Waals surface area contributed by atoms with Crippen molar-refractivity contribution in [2.45, 2.75) is 50.9 Å². The Labute approximate surface area is 199 Å². The van der Waals surface area contributed by atoms with E-state index in [2.05, 4.69) is 46.3 Å². The molecule has 0 aliphatic carbocycles. The molecule has 2 saturated heterocycles. The number of aromatic nitrogens is 1. The zero-order valence-corrected chi connectivity index (χ0v) is 19.8. The largest absolute Gasteiger partial charge is 0.322 e. The number of hydrogen-bond acceptors (Lipinski definition) is 6. The number of pyridine rings is 1. The number of amides is 3. The van der Waals surface area contributed by atoms with Crippen LogP contribution in [-0.2, 0) is 22.7 Å². The predicted octanol–water partition coefficient (Wildman–Crippen LogP) is 2.04. The summed E-state index contributed by atoms with van der Waals surface area (Å²) in [5.74, 6) is -0.818. The summed E-state index contributed by atoms with van der Waals surface area (Å²) in [5.41, 5.74) is 4.59. The van der Waals surface area contributed by atoms with Gasteiger partial charge in [0.05, 0.1) is 5.69 Å². The molecule has 1 aromatic heterocycles. The first-order valence-corrected chi connectivity index (χ1v) is 12.0. The van der Waals surface area contributed by atoms with E-state index in [9.17, 15) is 14.4 Å². The Kier molecular flexibility index (Phi) is 6.18. The van der Waals surface area contributed by atoms with Gasteiger partial charge in [0.2, 0.25) is 11.8 Å². The Hall–Kier alpha value is -3.10. The third-order valence-electron chi connectivity index (χ3n) is 7.34. The molecule has 0 saturated carbocycles. The van der Waals surface area contributed by atoms with Crippen molar-refractivity contribution in [2.24, 2.45) is 0 Å². The minimum atomic E-state index is -0.598. The normalized spacial score (nSPS) is 21.8. The molecule has 2 fully saturated rings. The summed E-state index contributed by atoms with van der Waals surface area (Å²) >= 11 is 0. The summed E-state index contributed by atoms with van der Waals surface area (Å²) < 4.78 is 0. The topological polar surface area (TPSA) is 85.8 Å². The fourth-order valence-corrected chi connectivity index (χ4v) is 5.32. The summed E-state index contributed by atoms with van der Waals surface area (Å²) in [6.45, 7) is 3.46. The molecule has 4 heterocycles. The first kappa shape index (κ1) is 22.7. The highest BCUT2D eigenvalue weighted by atomic mass is 16.2. The van der Waals surface area contributed by atoms with Crippen molar-refractivity contribution in [2.75, 3.05) is 27.2 Å². The van der Waals surface area contributed by atoms with Crippen LogP contribution in [0.4, 0.5) is 0 Å². The molecule has 3 aliphatic rings. The van der Waals surface area contributed by atoms with Crippen LogP contribution < -0.4 is 5.32 Å². The SMILES string of the molecule is CN(C)C1CCN(Cc2ccnc(-c3ccc4c(c3)CN(C3CCC(=O)NC3=O)C4=O)c2)CC1. The Balaban J connectivity index is 1.29. The molecule has 3 aliphatic heterocycles. The molecule has 8 heteroatoms. The van der Waals surface area contributed by atoms with Gasteiger partial charge in [0.15, 0.2) is 0 Å². The Morgan fingerprint density at radius 1 is 1.06 bits per heavy atom. The highest BCUT2D eigenvalue weighted by molar-refractivity contribution is 6.05. The van der Waals surface area contributed by atoms with Crippen molar-refractivity contribution in [3.8, 4) is 11.3 Å². The van der Waals surface area contributed by atoms with E-state index in [1.165, 1.54) is 18.4 Å². The molecular weight excluding hydrogens is 430 g/mol. The van der Waals surface area contributed by atoms with Gasteiger partial charge in [0.25, 0.3) is 5.91 Å². The number of rotatable bonds is 5. The second-order valence-corrected chi connectivity index (χ2v) is 9.79. The number of likely N-dealkylation sites (tertiary alicyclic amines) is 1. The summed E-state index contributed by atoms with van der Waals surface area (Å²) in [7, 11) is 4.31. The van der Waals surface area contributed by atoms with Crippen LogP contribution >= 0.6 is 0 Å². The molecule has 8 nitrogen and oxygen atoms in total. The van der Waals surface area contributed by atoms with Crippen LogP contribution in [0.1, 0.15) is 47.2 Å². The van der Waals surface area contributed by atoms with Crippen molar-refractivity contribution in [1.82, 2.24) is 25.0 Å². The lowest BCUT2D eigenvalue weighted by atomic mass is 10.0. The third kappa shape index (κ3) is 4.48.